The fourth-order valence-electron chi connectivity index (χ4n) is 2.85. The molecular weight excluding hydrogens is 431 g/mol. The molecule has 0 aliphatic carbocycles. The fourth-order valence-corrected chi connectivity index (χ4v) is 3.10. The number of benzene rings is 4. The molecule has 4 rings (SSSR count). The molecule has 0 aromatic heterocycles. The van der Waals surface area contributed by atoms with Crippen molar-refractivity contribution in [3.05, 3.63) is 120 Å². The van der Waals surface area contributed by atoms with Crippen LogP contribution in [-0.4, -0.2) is 16.0 Å². The summed E-state index contributed by atoms with van der Waals surface area (Å²) in [6.45, 7) is 0. The molecule has 4 aromatic carbocycles. The lowest BCUT2D eigenvalue weighted by atomic mass is 10.0. The van der Waals surface area contributed by atoms with Crippen molar-refractivity contribution in [2.45, 2.75) is 0 Å². The van der Waals surface area contributed by atoms with Crippen LogP contribution in [0.1, 0.15) is 20.7 Å². The van der Waals surface area contributed by atoms with Crippen LogP contribution in [0.25, 0.3) is 22.3 Å². The van der Waals surface area contributed by atoms with Crippen LogP contribution in [0.2, 0.25) is 0 Å². The largest absolute Gasteiger partial charge is 0.412 e. The van der Waals surface area contributed by atoms with Crippen LogP contribution in [0.5, 0.6) is 0 Å². The van der Waals surface area contributed by atoms with Crippen LogP contribution in [0.4, 0.5) is 0 Å². The third-order valence-electron chi connectivity index (χ3n) is 4.44. The van der Waals surface area contributed by atoms with Gasteiger partial charge in [-0.3, -0.25) is 9.59 Å². The van der Waals surface area contributed by atoms with Crippen LogP contribution >= 0.6 is 23.2 Å². The standard InChI is InChI=1S/C14H8Cl2O2.C12H10.H2O/c15-13(17)11-5-1-9(2-6-11)10-3-7-12(8-4-10)14(16)18;1-3-7-11(8-4-1)12-9-5-2-6-10-12;/h1-8H;1-10H;1H2. The van der Waals surface area contributed by atoms with Gasteiger partial charge in [-0.15, -0.1) is 0 Å². The van der Waals surface area contributed by atoms with E-state index in [1.165, 1.54) is 11.1 Å². The molecule has 5 heteroatoms. The molecule has 0 aliphatic heterocycles. The molecule has 0 saturated heterocycles. The Hall–Kier alpha value is -3.24. The molecule has 31 heavy (non-hydrogen) atoms. The third kappa shape index (κ3) is 6.90. The molecule has 0 radical (unpaired) electrons. The molecule has 2 N–H and O–H groups in total. The maximum Gasteiger partial charge on any atom is 0.252 e. The summed E-state index contributed by atoms with van der Waals surface area (Å²) in [5.41, 5.74) is 5.33. The highest BCUT2D eigenvalue weighted by atomic mass is 35.5. The number of halogens is 2. The van der Waals surface area contributed by atoms with Gasteiger partial charge in [0.05, 0.1) is 0 Å². The minimum atomic E-state index is -0.482. The first-order chi connectivity index (χ1) is 14.5. The number of rotatable bonds is 4. The molecule has 3 nitrogen and oxygen atoms in total. The van der Waals surface area contributed by atoms with Crippen molar-refractivity contribution in [2.75, 3.05) is 0 Å². The lowest BCUT2D eigenvalue weighted by Crippen LogP contribution is -1.89. The Balaban J connectivity index is 0.000000229. The van der Waals surface area contributed by atoms with Crippen LogP contribution < -0.4 is 0 Å². The van der Waals surface area contributed by atoms with Crippen molar-refractivity contribution in [3.63, 3.8) is 0 Å². The van der Waals surface area contributed by atoms with E-state index < -0.39 is 10.5 Å². The molecule has 0 fully saturated rings. The Kier molecular flexibility index (Phi) is 9.16. The number of hydrogen-bond donors (Lipinski definition) is 0. The quantitative estimate of drug-likeness (QED) is 0.327. The van der Waals surface area contributed by atoms with E-state index in [0.717, 1.165) is 11.1 Å². The second-order valence-electron chi connectivity index (χ2n) is 6.43. The maximum atomic E-state index is 10.9. The van der Waals surface area contributed by atoms with Crippen LogP contribution in [-0.2, 0) is 0 Å². The average Bonchev–Trinajstić information content (AvgIpc) is 2.81. The minimum Gasteiger partial charge on any atom is -0.412 e. The van der Waals surface area contributed by atoms with Gasteiger partial charge >= 0.3 is 0 Å². The Morgan fingerprint density at radius 2 is 0.677 bits per heavy atom. The van der Waals surface area contributed by atoms with E-state index in [-0.39, 0.29) is 5.48 Å². The van der Waals surface area contributed by atoms with E-state index in [1.807, 2.05) is 12.1 Å². The van der Waals surface area contributed by atoms with Gasteiger partial charge in [0.25, 0.3) is 10.5 Å². The predicted molar refractivity (Wildman–Crippen MR) is 128 cm³/mol. The smallest absolute Gasteiger partial charge is 0.252 e. The van der Waals surface area contributed by atoms with Gasteiger partial charge in [0, 0.05) is 11.1 Å². The predicted octanol–water partition coefficient (Wildman–Crippen LogP) is 6.64. The van der Waals surface area contributed by atoms with E-state index in [9.17, 15) is 9.59 Å². The Bertz CT molecular complexity index is 1020. The molecule has 0 amide bonds. The molecule has 0 aliphatic rings. The van der Waals surface area contributed by atoms with Crippen molar-refractivity contribution in [3.8, 4) is 22.3 Å². The molecule has 4 aromatic rings. The minimum absolute atomic E-state index is 0. The van der Waals surface area contributed by atoms with Crippen molar-refractivity contribution < 1.29 is 15.1 Å². The van der Waals surface area contributed by atoms with Crippen molar-refractivity contribution in [1.82, 2.24) is 0 Å². The molecule has 0 saturated carbocycles. The summed E-state index contributed by atoms with van der Waals surface area (Å²) in [6, 6.07) is 34.6. The van der Waals surface area contributed by atoms with Crippen LogP contribution in [0.3, 0.4) is 0 Å². The highest BCUT2D eigenvalue weighted by Gasteiger charge is 2.04. The Labute approximate surface area is 191 Å². The molecular formula is C26H20Cl2O3. The monoisotopic (exact) mass is 450 g/mol. The van der Waals surface area contributed by atoms with Gasteiger partial charge < -0.3 is 5.48 Å². The zero-order chi connectivity index (χ0) is 21.3. The highest BCUT2D eigenvalue weighted by Crippen LogP contribution is 2.21. The van der Waals surface area contributed by atoms with E-state index >= 15 is 0 Å². The first-order valence-corrected chi connectivity index (χ1v) is 10.0. The van der Waals surface area contributed by atoms with E-state index in [2.05, 4.69) is 48.5 Å². The molecule has 0 heterocycles. The lowest BCUT2D eigenvalue weighted by Gasteiger charge is -2.03. The summed E-state index contributed by atoms with van der Waals surface area (Å²) in [6.07, 6.45) is 0. The summed E-state index contributed by atoms with van der Waals surface area (Å²) in [5, 5.41) is -0.964. The summed E-state index contributed by atoms with van der Waals surface area (Å²) < 4.78 is 0. The first kappa shape index (κ1) is 24.0. The second-order valence-corrected chi connectivity index (χ2v) is 7.12. The Morgan fingerprint density at radius 3 is 0.935 bits per heavy atom. The van der Waals surface area contributed by atoms with Gasteiger partial charge in [-0.05, 0) is 69.7 Å². The third-order valence-corrected chi connectivity index (χ3v) is 4.87. The fraction of sp³-hybridized carbons (Fsp3) is 0. The van der Waals surface area contributed by atoms with Gasteiger partial charge in [0.2, 0.25) is 0 Å². The lowest BCUT2D eigenvalue weighted by molar-refractivity contribution is 0.107. The van der Waals surface area contributed by atoms with Crippen molar-refractivity contribution in [1.29, 1.82) is 0 Å². The van der Waals surface area contributed by atoms with Gasteiger partial charge in [-0.2, -0.15) is 0 Å². The zero-order valence-corrected chi connectivity index (χ0v) is 18.0. The SMILES string of the molecule is O.O=C(Cl)c1ccc(-c2ccc(C(=O)Cl)cc2)cc1.c1ccc(-c2ccccc2)cc1. The van der Waals surface area contributed by atoms with Gasteiger partial charge in [-0.25, -0.2) is 0 Å². The van der Waals surface area contributed by atoms with Gasteiger partial charge in [0.1, 0.15) is 0 Å². The number of carbonyl (C=O) groups excluding carboxylic acids is 2. The molecule has 0 spiro atoms. The number of hydrogen-bond acceptors (Lipinski definition) is 2. The average molecular weight is 451 g/mol. The van der Waals surface area contributed by atoms with E-state index in [0.29, 0.717) is 11.1 Å². The molecule has 0 unspecified atom stereocenters. The molecule has 156 valence electrons. The summed E-state index contributed by atoms with van der Waals surface area (Å²) >= 11 is 10.7. The highest BCUT2D eigenvalue weighted by molar-refractivity contribution is 6.68. The second kappa shape index (κ2) is 11.8. The maximum absolute atomic E-state index is 10.9. The first-order valence-electron chi connectivity index (χ1n) is 9.25. The van der Waals surface area contributed by atoms with Crippen molar-refractivity contribution in [2.24, 2.45) is 0 Å². The summed E-state index contributed by atoms with van der Waals surface area (Å²) in [4.78, 5) is 21.9. The van der Waals surface area contributed by atoms with E-state index in [1.54, 1.807) is 48.5 Å². The van der Waals surface area contributed by atoms with E-state index in [4.69, 9.17) is 23.2 Å². The van der Waals surface area contributed by atoms with Crippen molar-refractivity contribution >= 4 is 33.7 Å². The molecule has 0 atom stereocenters. The van der Waals surface area contributed by atoms with Crippen LogP contribution in [0, 0.1) is 0 Å². The number of carbonyl (C=O) groups is 2. The van der Waals surface area contributed by atoms with Crippen LogP contribution in [0.15, 0.2) is 109 Å². The summed E-state index contributed by atoms with van der Waals surface area (Å²) in [5.74, 6) is 0. The summed E-state index contributed by atoms with van der Waals surface area (Å²) in [7, 11) is 0. The Morgan fingerprint density at radius 1 is 0.419 bits per heavy atom. The molecule has 0 bridgehead atoms. The van der Waals surface area contributed by atoms with Gasteiger partial charge in [0.15, 0.2) is 0 Å². The van der Waals surface area contributed by atoms with Gasteiger partial charge in [-0.1, -0.05) is 84.9 Å². The normalized spacial score (nSPS) is 9.61. The zero-order valence-electron chi connectivity index (χ0n) is 16.5. The topological polar surface area (TPSA) is 65.6 Å².